The van der Waals surface area contributed by atoms with Crippen molar-refractivity contribution in [3.8, 4) is 11.5 Å². The van der Waals surface area contributed by atoms with E-state index in [0.717, 1.165) is 45.1 Å². The smallest absolute Gasteiger partial charge is 0.319 e. The summed E-state index contributed by atoms with van der Waals surface area (Å²) in [6.07, 6.45) is 1.27. The summed E-state index contributed by atoms with van der Waals surface area (Å²) in [5.74, 6) is -1.57. The van der Waals surface area contributed by atoms with Gasteiger partial charge in [0.25, 0.3) is 0 Å². The van der Waals surface area contributed by atoms with E-state index in [1.165, 1.54) is 0 Å². The van der Waals surface area contributed by atoms with Crippen LogP contribution in [0.1, 0.15) is 151 Å². The van der Waals surface area contributed by atoms with Gasteiger partial charge in [0.15, 0.2) is 0 Å². The lowest BCUT2D eigenvalue weighted by atomic mass is 9.78. The van der Waals surface area contributed by atoms with Gasteiger partial charge in [0.2, 0.25) is 0 Å². The van der Waals surface area contributed by atoms with Gasteiger partial charge in [-0.2, -0.15) is 0 Å². The summed E-state index contributed by atoms with van der Waals surface area (Å²) < 4.78 is -2.76. The van der Waals surface area contributed by atoms with Crippen molar-refractivity contribution in [2.75, 3.05) is 0 Å². The largest absolute Gasteiger partial charge is 0.507 e. The van der Waals surface area contributed by atoms with Crippen LogP contribution < -0.4 is 0 Å². The number of phenolic OH excluding ortho intramolecular Hbond substituents is 2. The number of carboxylic acids is 2. The normalized spacial score (nSPS) is 15.4. The molecule has 0 amide bonds. The number of aryl methyl sites for hydroxylation is 2. The Labute approximate surface area is 283 Å². The third-order valence-electron chi connectivity index (χ3n) is 8.71. The van der Waals surface area contributed by atoms with Crippen LogP contribution in [-0.4, -0.2) is 41.9 Å². The van der Waals surface area contributed by atoms with E-state index in [-0.39, 0.29) is 53.4 Å². The summed E-state index contributed by atoms with van der Waals surface area (Å²) in [6, 6.07) is 7.83. The molecule has 0 aliphatic rings. The lowest BCUT2D eigenvalue weighted by Crippen LogP contribution is -2.42. The van der Waals surface area contributed by atoms with Crippen LogP contribution in [0.5, 0.6) is 11.5 Å². The first kappa shape index (κ1) is 41.4. The number of hydrogen-bond acceptors (Lipinski definition) is 5. The highest BCUT2D eigenvalue weighted by Crippen LogP contribution is 2.46. The summed E-state index contributed by atoms with van der Waals surface area (Å²) in [6.45, 7) is 27.7. The molecule has 0 fully saturated rings. The second-order valence-corrected chi connectivity index (χ2v) is 19.3. The molecule has 0 radical (unpaired) electrons. The molecule has 0 aliphatic carbocycles. The Morgan fingerprint density at radius 3 is 0.913 bits per heavy atom. The van der Waals surface area contributed by atoms with Crippen molar-refractivity contribution in [1.29, 1.82) is 0 Å². The highest BCUT2D eigenvalue weighted by atomic mass is 32.2. The quantitative estimate of drug-likeness (QED) is 0.201. The average Bonchev–Trinajstić information content (AvgIpc) is 2.84. The van der Waals surface area contributed by atoms with Gasteiger partial charge in [0.05, 0.1) is 0 Å². The molecule has 6 nitrogen and oxygen atoms in total. The molecule has 4 N–H and O–H groups in total. The van der Waals surface area contributed by atoms with Gasteiger partial charge in [-0.3, -0.25) is 9.59 Å². The number of aliphatic carboxylic acids is 2. The molecule has 7 heteroatoms. The second-order valence-electron chi connectivity index (χ2n) is 17.3. The molecular formula is C39H62O6S. The van der Waals surface area contributed by atoms with Gasteiger partial charge in [-0.05, 0) is 94.6 Å². The lowest BCUT2D eigenvalue weighted by molar-refractivity contribution is -0.139. The van der Waals surface area contributed by atoms with Crippen LogP contribution in [0.3, 0.4) is 0 Å². The first-order valence-corrected chi connectivity index (χ1v) is 16.8. The van der Waals surface area contributed by atoms with Gasteiger partial charge in [-0.25, -0.2) is 0 Å². The van der Waals surface area contributed by atoms with Gasteiger partial charge in [0, 0.05) is 0 Å². The third kappa shape index (κ3) is 9.68. The number of carbonyl (C=O) groups is 2. The van der Waals surface area contributed by atoms with E-state index in [9.17, 15) is 30.0 Å². The standard InChI is InChI=1S/C38H58O6S.CH4/c1-33(2,3)25-19-23(20-26(29(25)39)34(4,5)6)15-17-37(13,31(41)42)45-38(14,32(43)44)18-16-24-21-27(35(7,8)9)30(40)28(22-24)36(10,11)12;/h19-22,39-40H,15-18H2,1-14H3,(H,41,42)(H,43,44);1H4. The number of thioether (sulfide) groups is 1. The fourth-order valence-electron chi connectivity index (χ4n) is 5.63. The van der Waals surface area contributed by atoms with E-state index in [4.69, 9.17) is 0 Å². The molecule has 0 aliphatic heterocycles. The molecule has 260 valence electrons. The summed E-state index contributed by atoms with van der Waals surface area (Å²) in [7, 11) is 0. The zero-order valence-electron chi connectivity index (χ0n) is 30.2. The van der Waals surface area contributed by atoms with Gasteiger partial charge in [0.1, 0.15) is 21.0 Å². The minimum absolute atomic E-state index is 0. The predicted octanol–water partition coefficient (Wildman–Crippen LogP) is 9.91. The Morgan fingerprint density at radius 2 is 0.739 bits per heavy atom. The van der Waals surface area contributed by atoms with Crippen molar-refractivity contribution in [3.63, 3.8) is 0 Å². The monoisotopic (exact) mass is 658 g/mol. The first-order chi connectivity index (χ1) is 20.0. The molecule has 0 bridgehead atoms. The maximum atomic E-state index is 12.8. The van der Waals surface area contributed by atoms with Gasteiger partial charge >= 0.3 is 11.9 Å². The Hall–Kier alpha value is -2.67. The maximum absolute atomic E-state index is 12.8. The molecule has 2 aromatic rings. The minimum Gasteiger partial charge on any atom is -0.507 e. The lowest BCUT2D eigenvalue weighted by Gasteiger charge is -2.35. The van der Waals surface area contributed by atoms with Crippen LogP contribution in [0.15, 0.2) is 24.3 Å². The van der Waals surface area contributed by atoms with Crippen molar-refractivity contribution >= 4 is 23.7 Å². The number of carboxylic acid groups (broad SMARTS) is 2. The van der Waals surface area contributed by atoms with Crippen molar-refractivity contribution in [2.24, 2.45) is 0 Å². The van der Waals surface area contributed by atoms with E-state index < -0.39 is 21.4 Å². The van der Waals surface area contributed by atoms with Crippen LogP contribution >= 0.6 is 11.8 Å². The molecule has 46 heavy (non-hydrogen) atoms. The number of benzene rings is 2. The van der Waals surface area contributed by atoms with Crippen molar-refractivity contribution in [1.82, 2.24) is 0 Å². The molecular weight excluding hydrogens is 596 g/mol. The third-order valence-corrected chi connectivity index (χ3v) is 10.4. The van der Waals surface area contributed by atoms with Gasteiger partial charge in [-0.15, -0.1) is 11.8 Å². The van der Waals surface area contributed by atoms with E-state index >= 15 is 0 Å². The molecule has 0 heterocycles. The molecule has 0 spiro atoms. The Kier molecular flexibility index (Phi) is 12.4. The molecule has 0 saturated heterocycles. The number of aromatic hydroxyl groups is 2. The maximum Gasteiger partial charge on any atom is 0.319 e. The molecule has 2 atom stereocenters. The predicted molar refractivity (Wildman–Crippen MR) is 194 cm³/mol. The zero-order chi connectivity index (χ0) is 35.1. The highest BCUT2D eigenvalue weighted by Gasteiger charge is 2.45. The summed E-state index contributed by atoms with van der Waals surface area (Å²) in [4.78, 5) is 25.6. The van der Waals surface area contributed by atoms with E-state index in [1.54, 1.807) is 13.8 Å². The molecule has 2 rings (SSSR count). The van der Waals surface area contributed by atoms with Gasteiger partial charge in [-0.1, -0.05) is 115 Å². The van der Waals surface area contributed by atoms with Gasteiger partial charge < -0.3 is 20.4 Å². The van der Waals surface area contributed by atoms with Crippen LogP contribution in [-0.2, 0) is 44.1 Å². The molecule has 0 saturated carbocycles. The summed E-state index contributed by atoms with van der Waals surface area (Å²) in [5.41, 5.74) is 3.79. The number of phenols is 2. The fraction of sp³-hybridized carbons (Fsp3) is 0.641. The van der Waals surface area contributed by atoms with Crippen LogP contribution in [0.2, 0.25) is 0 Å². The molecule has 2 aromatic carbocycles. The second kappa shape index (κ2) is 13.8. The van der Waals surface area contributed by atoms with Crippen molar-refractivity contribution in [3.05, 3.63) is 57.6 Å². The number of hydrogen-bond donors (Lipinski definition) is 4. The van der Waals surface area contributed by atoms with E-state index in [0.29, 0.717) is 12.8 Å². The van der Waals surface area contributed by atoms with Crippen LogP contribution in [0, 0.1) is 0 Å². The van der Waals surface area contributed by atoms with E-state index in [2.05, 4.69) is 0 Å². The van der Waals surface area contributed by atoms with Crippen LogP contribution in [0.25, 0.3) is 0 Å². The summed E-state index contributed by atoms with van der Waals surface area (Å²) in [5, 5.41) is 43.2. The molecule has 2 unspecified atom stereocenters. The summed E-state index contributed by atoms with van der Waals surface area (Å²) >= 11 is 0.997. The van der Waals surface area contributed by atoms with Crippen molar-refractivity contribution in [2.45, 2.75) is 161 Å². The SMILES string of the molecule is C.CC(CCc1cc(C(C)(C)C)c(O)c(C(C)(C)C)c1)(SC(C)(CCc1cc(C(C)(C)C)c(O)c(C(C)(C)C)c1)C(=O)O)C(=O)O. The van der Waals surface area contributed by atoms with E-state index in [1.807, 2.05) is 107 Å². The Bertz CT molecular complexity index is 1240. The topological polar surface area (TPSA) is 115 Å². The van der Waals surface area contributed by atoms with Crippen molar-refractivity contribution < 1.29 is 30.0 Å². The Balaban J connectivity index is 0.0000106. The number of rotatable bonds is 10. The first-order valence-electron chi connectivity index (χ1n) is 15.9. The highest BCUT2D eigenvalue weighted by molar-refractivity contribution is 8.03. The fourth-order valence-corrected chi connectivity index (χ4v) is 7.21. The van der Waals surface area contributed by atoms with Crippen LogP contribution in [0.4, 0.5) is 0 Å². The zero-order valence-corrected chi connectivity index (χ0v) is 31.0. The minimum atomic E-state index is -1.38. The molecule has 0 aromatic heterocycles. The average molecular weight is 659 g/mol. The Morgan fingerprint density at radius 1 is 0.522 bits per heavy atom.